The number of hydrogen-bond donors (Lipinski definition) is 1. The molecule has 0 aliphatic carbocycles. The summed E-state index contributed by atoms with van der Waals surface area (Å²) < 4.78 is 0. The molecule has 2 aromatic rings. The van der Waals surface area contributed by atoms with Crippen LogP contribution in [-0.2, 0) is 5.41 Å². The van der Waals surface area contributed by atoms with Crippen LogP contribution in [0, 0.1) is 13.8 Å². The van der Waals surface area contributed by atoms with Crippen molar-refractivity contribution in [3.05, 3.63) is 53.1 Å². The second-order valence-electron chi connectivity index (χ2n) is 6.43. The normalized spacial score (nSPS) is 11.6. The van der Waals surface area contributed by atoms with E-state index in [-0.39, 0.29) is 5.41 Å². The fourth-order valence-electron chi connectivity index (χ4n) is 2.40. The predicted octanol–water partition coefficient (Wildman–Crippen LogP) is 4.85. The summed E-state index contributed by atoms with van der Waals surface area (Å²) in [5.74, 6) is 0. The number of anilines is 1. The molecule has 2 rings (SSSR count). The van der Waals surface area contributed by atoms with Crippen molar-refractivity contribution in [3.63, 3.8) is 0 Å². The minimum Gasteiger partial charge on any atom is -0.398 e. The summed E-state index contributed by atoms with van der Waals surface area (Å²) in [6.07, 6.45) is 0. The molecule has 100 valence electrons. The summed E-state index contributed by atoms with van der Waals surface area (Å²) in [4.78, 5) is 0. The maximum atomic E-state index is 6.16. The van der Waals surface area contributed by atoms with E-state index in [1.807, 2.05) is 6.07 Å². The summed E-state index contributed by atoms with van der Waals surface area (Å²) in [6, 6.07) is 13.0. The first-order valence-corrected chi connectivity index (χ1v) is 6.76. The lowest BCUT2D eigenvalue weighted by atomic mass is 9.85. The predicted molar refractivity (Wildman–Crippen MR) is 84.5 cm³/mol. The summed E-state index contributed by atoms with van der Waals surface area (Å²) in [5.41, 5.74) is 13.4. The fraction of sp³-hybridized carbons (Fsp3) is 0.333. The summed E-state index contributed by atoms with van der Waals surface area (Å²) in [6.45, 7) is 10.9. The van der Waals surface area contributed by atoms with Gasteiger partial charge >= 0.3 is 0 Å². The van der Waals surface area contributed by atoms with Gasteiger partial charge in [-0.25, -0.2) is 0 Å². The third-order valence-electron chi connectivity index (χ3n) is 3.45. The van der Waals surface area contributed by atoms with E-state index in [1.165, 1.54) is 22.3 Å². The average Bonchev–Trinajstić information content (AvgIpc) is 2.26. The van der Waals surface area contributed by atoms with Gasteiger partial charge in [0.25, 0.3) is 0 Å². The molecule has 1 nitrogen and oxygen atoms in total. The van der Waals surface area contributed by atoms with Gasteiger partial charge in [0.05, 0.1) is 0 Å². The highest BCUT2D eigenvalue weighted by molar-refractivity contribution is 5.78. The van der Waals surface area contributed by atoms with E-state index in [9.17, 15) is 0 Å². The van der Waals surface area contributed by atoms with Crippen LogP contribution in [0.2, 0.25) is 0 Å². The number of aryl methyl sites for hydroxylation is 2. The lowest BCUT2D eigenvalue weighted by molar-refractivity contribution is 0.590. The van der Waals surface area contributed by atoms with Crippen LogP contribution in [0.3, 0.4) is 0 Å². The van der Waals surface area contributed by atoms with Gasteiger partial charge in [-0.15, -0.1) is 0 Å². The molecule has 0 aromatic heterocycles. The van der Waals surface area contributed by atoms with Crippen molar-refractivity contribution >= 4 is 5.69 Å². The van der Waals surface area contributed by atoms with Crippen LogP contribution >= 0.6 is 0 Å². The van der Waals surface area contributed by atoms with Crippen molar-refractivity contribution in [2.24, 2.45) is 0 Å². The molecule has 0 unspecified atom stereocenters. The Labute approximate surface area is 116 Å². The van der Waals surface area contributed by atoms with Crippen molar-refractivity contribution < 1.29 is 0 Å². The summed E-state index contributed by atoms with van der Waals surface area (Å²) in [7, 11) is 0. The van der Waals surface area contributed by atoms with Gasteiger partial charge in [-0.05, 0) is 42.5 Å². The van der Waals surface area contributed by atoms with E-state index in [2.05, 4.69) is 65.0 Å². The van der Waals surface area contributed by atoms with Gasteiger partial charge in [0.2, 0.25) is 0 Å². The van der Waals surface area contributed by atoms with Gasteiger partial charge in [0.1, 0.15) is 0 Å². The fourth-order valence-corrected chi connectivity index (χ4v) is 2.40. The quantitative estimate of drug-likeness (QED) is 0.722. The minimum atomic E-state index is 0.140. The Hall–Kier alpha value is -1.76. The highest BCUT2D eigenvalue weighted by atomic mass is 14.6. The Morgan fingerprint density at radius 1 is 0.842 bits per heavy atom. The highest BCUT2D eigenvalue weighted by Gasteiger charge is 2.15. The maximum absolute atomic E-state index is 6.16. The second-order valence-corrected chi connectivity index (χ2v) is 6.43. The van der Waals surface area contributed by atoms with E-state index < -0.39 is 0 Å². The molecule has 0 saturated carbocycles. The minimum absolute atomic E-state index is 0.140. The first-order valence-electron chi connectivity index (χ1n) is 6.76. The molecule has 2 aromatic carbocycles. The molecule has 2 N–H and O–H groups in total. The van der Waals surface area contributed by atoms with Gasteiger partial charge in [-0.1, -0.05) is 56.2 Å². The summed E-state index contributed by atoms with van der Waals surface area (Å²) in [5, 5.41) is 0. The lowest BCUT2D eigenvalue weighted by Crippen LogP contribution is -2.11. The van der Waals surface area contributed by atoms with Gasteiger partial charge in [-0.2, -0.15) is 0 Å². The van der Waals surface area contributed by atoms with E-state index in [4.69, 9.17) is 5.73 Å². The standard InChI is InChI=1S/C18H23N/c1-12-8-13(2)10-14(9-12)16-11-15(18(3,4)5)6-7-17(16)19/h6-11H,19H2,1-5H3. The van der Waals surface area contributed by atoms with Crippen LogP contribution in [-0.4, -0.2) is 0 Å². The van der Waals surface area contributed by atoms with Crippen LogP contribution in [0.4, 0.5) is 5.69 Å². The monoisotopic (exact) mass is 253 g/mol. The molecule has 1 heteroatoms. The van der Waals surface area contributed by atoms with Crippen LogP contribution in [0.15, 0.2) is 36.4 Å². The third-order valence-corrected chi connectivity index (χ3v) is 3.45. The van der Waals surface area contributed by atoms with Gasteiger partial charge in [0, 0.05) is 11.3 Å². The maximum Gasteiger partial charge on any atom is 0.0393 e. The van der Waals surface area contributed by atoms with Crippen LogP contribution in [0.25, 0.3) is 11.1 Å². The molecule has 0 aliphatic rings. The molecular weight excluding hydrogens is 230 g/mol. The zero-order valence-electron chi connectivity index (χ0n) is 12.5. The Balaban J connectivity index is 2.61. The third kappa shape index (κ3) is 2.98. The Kier molecular flexibility index (Phi) is 3.40. The topological polar surface area (TPSA) is 26.0 Å². The molecule has 0 radical (unpaired) electrons. The van der Waals surface area contributed by atoms with Crippen molar-refractivity contribution in [3.8, 4) is 11.1 Å². The number of rotatable bonds is 1. The number of nitrogens with two attached hydrogens (primary N) is 1. The van der Waals surface area contributed by atoms with Crippen molar-refractivity contribution in [1.82, 2.24) is 0 Å². The SMILES string of the molecule is Cc1cc(C)cc(-c2cc(C(C)(C)C)ccc2N)c1. The summed E-state index contributed by atoms with van der Waals surface area (Å²) >= 11 is 0. The molecule has 0 amide bonds. The molecule has 0 bridgehead atoms. The highest BCUT2D eigenvalue weighted by Crippen LogP contribution is 2.32. The number of nitrogen functional groups attached to an aromatic ring is 1. The largest absolute Gasteiger partial charge is 0.398 e. The van der Waals surface area contributed by atoms with Crippen molar-refractivity contribution in [2.45, 2.75) is 40.0 Å². The molecular formula is C18H23N. The molecule has 0 saturated heterocycles. The molecule has 0 spiro atoms. The molecule has 0 atom stereocenters. The van der Waals surface area contributed by atoms with E-state index in [1.54, 1.807) is 0 Å². The van der Waals surface area contributed by atoms with E-state index >= 15 is 0 Å². The van der Waals surface area contributed by atoms with Crippen LogP contribution in [0.5, 0.6) is 0 Å². The van der Waals surface area contributed by atoms with Gasteiger partial charge < -0.3 is 5.73 Å². The Bertz CT molecular complexity index is 583. The van der Waals surface area contributed by atoms with Crippen LogP contribution in [0.1, 0.15) is 37.5 Å². The molecule has 0 aliphatic heterocycles. The Morgan fingerprint density at radius 3 is 1.95 bits per heavy atom. The smallest absolute Gasteiger partial charge is 0.0393 e. The zero-order chi connectivity index (χ0) is 14.2. The van der Waals surface area contributed by atoms with Gasteiger partial charge in [0.15, 0.2) is 0 Å². The number of hydrogen-bond acceptors (Lipinski definition) is 1. The zero-order valence-corrected chi connectivity index (χ0v) is 12.5. The van der Waals surface area contributed by atoms with Crippen molar-refractivity contribution in [2.75, 3.05) is 5.73 Å². The average molecular weight is 253 g/mol. The molecule has 19 heavy (non-hydrogen) atoms. The van der Waals surface area contributed by atoms with Crippen molar-refractivity contribution in [1.29, 1.82) is 0 Å². The molecule has 0 fully saturated rings. The first kappa shape index (κ1) is 13.7. The van der Waals surface area contributed by atoms with E-state index in [0.717, 1.165) is 11.3 Å². The van der Waals surface area contributed by atoms with Crippen LogP contribution < -0.4 is 5.73 Å². The van der Waals surface area contributed by atoms with Gasteiger partial charge in [-0.3, -0.25) is 0 Å². The second kappa shape index (κ2) is 4.73. The lowest BCUT2D eigenvalue weighted by Gasteiger charge is -2.21. The Morgan fingerprint density at radius 2 is 1.42 bits per heavy atom. The molecule has 0 heterocycles. The first-order chi connectivity index (χ1) is 8.77. The van der Waals surface area contributed by atoms with E-state index in [0.29, 0.717) is 0 Å². The number of benzene rings is 2.